The van der Waals surface area contributed by atoms with Crippen LogP contribution in [0.15, 0.2) is 59.8 Å². The highest BCUT2D eigenvalue weighted by molar-refractivity contribution is 8.02. The van der Waals surface area contributed by atoms with Gasteiger partial charge < -0.3 is 11.5 Å². The second-order valence-electron chi connectivity index (χ2n) is 5.55. The Kier molecular flexibility index (Phi) is 5.13. The van der Waals surface area contributed by atoms with Gasteiger partial charge in [-0.15, -0.1) is 11.8 Å². The predicted molar refractivity (Wildman–Crippen MR) is 102 cm³/mol. The lowest BCUT2D eigenvalue weighted by Gasteiger charge is -2.09. The summed E-state index contributed by atoms with van der Waals surface area (Å²) in [6, 6.07) is 8.56. The smallest absolute Gasteiger partial charge is 0.394 e. The number of allylic oxidation sites excluding steroid dienone is 2. The number of nitrogens with two attached hydrogens (primary N) is 2. The van der Waals surface area contributed by atoms with E-state index in [2.05, 4.69) is 9.97 Å². The Morgan fingerprint density at radius 1 is 1.15 bits per heavy atom. The molecule has 5 nitrogen and oxygen atoms in total. The molecule has 140 valence electrons. The number of alkyl halides is 3. The van der Waals surface area contributed by atoms with Crippen molar-refractivity contribution in [2.24, 2.45) is 11.5 Å². The van der Waals surface area contributed by atoms with Crippen molar-refractivity contribution in [1.29, 1.82) is 0 Å². The second-order valence-corrected chi connectivity index (χ2v) is 6.43. The highest BCUT2D eigenvalue weighted by Gasteiger charge is 2.31. The molecule has 27 heavy (non-hydrogen) atoms. The van der Waals surface area contributed by atoms with Gasteiger partial charge in [0.1, 0.15) is 11.5 Å². The molecule has 0 bridgehead atoms. The number of fused-ring (bicyclic) bond motifs is 1. The molecule has 4 N–H and O–H groups in total. The third-order valence-electron chi connectivity index (χ3n) is 3.79. The van der Waals surface area contributed by atoms with E-state index >= 15 is 0 Å². The van der Waals surface area contributed by atoms with Crippen molar-refractivity contribution < 1.29 is 13.2 Å². The van der Waals surface area contributed by atoms with Gasteiger partial charge in [0, 0.05) is 6.20 Å². The van der Waals surface area contributed by atoms with Crippen LogP contribution in [0, 0.1) is 0 Å². The van der Waals surface area contributed by atoms with Crippen molar-refractivity contribution in [2.45, 2.75) is 6.18 Å². The van der Waals surface area contributed by atoms with E-state index in [0.29, 0.717) is 22.1 Å². The summed E-state index contributed by atoms with van der Waals surface area (Å²) in [5, 5.41) is 0.543. The van der Waals surface area contributed by atoms with E-state index < -0.39 is 11.7 Å². The Morgan fingerprint density at radius 2 is 1.93 bits per heavy atom. The largest absolute Gasteiger partial charge is 0.416 e. The normalized spacial score (nSPS) is 13.3. The van der Waals surface area contributed by atoms with E-state index in [1.807, 2.05) is 6.26 Å². The first-order chi connectivity index (χ1) is 12.8. The maximum absolute atomic E-state index is 13.0. The molecule has 3 rings (SSSR count). The van der Waals surface area contributed by atoms with Crippen LogP contribution in [-0.2, 0) is 6.18 Å². The van der Waals surface area contributed by atoms with Gasteiger partial charge in [0.25, 0.3) is 0 Å². The zero-order valence-electron chi connectivity index (χ0n) is 14.2. The highest BCUT2D eigenvalue weighted by Crippen LogP contribution is 2.33. The number of hydrogen-bond donors (Lipinski definition) is 2. The van der Waals surface area contributed by atoms with E-state index in [9.17, 15) is 13.2 Å². The Hall–Kier alpha value is -2.94. The van der Waals surface area contributed by atoms with Gasteiger partial charge in [0.15, 0.2) is 5.82 Å². The van der Waals surface area contributed by atoms with Crippen molar-refractivity contribution in [3.63, 3.8) is 0 Å². The molecule has 0 fully saturated rings. The molecular weight excluding hydrogens is 375 g/mol. The lowest BCUT2D eigenvalue weighted by molar-refractivity contribution is -0.137. The van der Waals surface area contributed by atoms with Crippen LogP contribution in [0.2, 0.25) is 0 Å². The summed E-state index contributed by atoms with van der Waals surface area (Å²) in [6.45, 7) is 0. The van der Waals surface area contributed by atoms with Crippen LogP contribution in [0.3, 0.4) is 0 Å². The molecule has 0 amide bonds. The van der Waals surface area contributed by atoms with Crippen molar-refractivity contribution in [3.8, 4) is 11.5 Å². The van der Waals surface area contributed by atoms with Gasteiger partial charge in [0.2, 0.25) is 0 Å². The quantitative estimate of drug-likeness (QED) is 0.656. The molecule has 9 heteroatoms. The number of imidazole rings is 1. The van der Waals surface area contributed by atoms with Gasteiger partial charge in [0.05, 0.1) is 21.6 Å². The molecule has 3 aromatic rings. The number of pyridine rings is 1. The molecule has 0 saturated heterocycles. The van der Waals surface area contributed by atoms with Crippen LogP contribution >= 0.6 is 11.8 Å². The Balaban J connectivity index is 2.25. The number of thioether (sulfide) groups is 1. The zero-order valence-corrected chi connectivity index (χ0v) is 15.1. The first kappa shape index (κ1) is 18.8. The van der Waals surface area contributed by atoms with Crippen molar-refractivity contribution in [3.05, 3.63) is 65.3 Å². The average Bonchev–Trinajstić information content (AvgIpc) is 3.04. The molecular formula is C18H16F3N5S. The Bertz CT molecular complexity index is 1020. The summed E-state index contributed by atoms with van der Waals surface area (Å²) in [5.74, 6) is 0.602. The molecule has 2 aromatic heterocycles. The Morgan fingerprint density at radius 3 is 2.56 bits per heavy atom. The summed E-state index contributed by atoms with van der Waals surface area (Å²) in [6.07, 6.45) is 2.14. The van der Waals surface area contributed by atoms with Crippen LogP contribution in [0.4, 0.5) is 13.2 Å². The molecule has 0 atom stereocenters. The fraction of sp³-hybridized carbons (Fsp3) is 0.111. The summed E-state index contributed by atoms with van der Waals surface area (Å²) in [7, 11) is 0. The van der Waals surface area contributed by atoms with Crippen LogP contribution in [-0.4, -0.2) is 20.8 Å². The van der Waals surface area contributed by atoms with Gasteiger partial charge in [-0.05, 0) is 48.7 Å². The molecule has 0 radical (unpaired) electrons. The molecule has 2 heterocycles. The monoisotopic (exact) mass is 391 g/mol. The SMILES string of the molecule is CS/C(N)=C/C=C(\N)n1c(-c2ccccn2)nc2cc(C(F)(F)F)ccc21. The molecule has 0 aliphatic heterocycles. The van der Waals surface area contributed by atoms with Crippen molar-refractivity contribution in [2.75, 3.05) is 6.26 Å². The molecule has 0 aliphatic carbocycles. The molecule has 0 saturated carbocycles. The van der Waals surface area contributed by atoms with Crippen LogP contribution in [0.1, 0.15) is 5.56 Å². The van der Waals surface area contributed by atoms with Crippen LogP contribution in [0.5, 0.6) is 0 Å². The second kappa shape index (κ2) is 7.36. The standard InChI is InChI=1S/C18H16F3N5S/c1-27-16(23)8-7-15(22)26-14-6-5-11(18(19,20)21)10-13(14)25-17(26)12-4-2-3-9-24-12/h2-10H,22-23H2,1H3/b15-7+,16-8+. The first-order valence-electron chi connectivity index (χ1n) is 7.79. The third kappa shape index (κ3) is 3.92. The van der Waals surface area contributed by atoms with E-state index in [1.54, 1.807) is 41.1 Å². The summed E-state index contributed by atoms with van der Waals surface area (Å²) in [5.41, 5.74) is 12.3. The number of nitrogens with zero attached hydrogens (tertiary/aromatic N) is 3. The highest BCUT2D eigenvalue weighted by atomic mass is 32.2. The number of rotatable bonds is 4. The van der Waals surface area contributed by atoms with Gasteiger partial charge in [-0.3, -0.25) is 9.55 Å². The Labute approximate surface area is 157 Å². The number of benzene rings is 1. The molecule has 1 aromatic carbocycles. The zero-order chi connectivity index (χ0) is 19.6. The minimum absolute atomic E-state index is 0.170. The molecule has 0 aliphatic rings. The maximum Gasteiger partial charge on any atom is 0.416 e. The van der Waals surface area contributed by atoms with Gasteiger partial charge in [-0.2, -0.15) is 13.2 Å². The van der Waals surface area contributed by atoms with E-state index in [-0.39, 0.29) is 11.3 Å². The van der Waals surface area contributed by atoms with Crippen molar-refractivity contribution >= 4 is 28.6 Å². The van der Waals surface area contributed by atoms with Crippen LogP contribution in [0.25, 0.3) is 28.4 Å². The summed E-state index contributed by atoms with van der Waals surface area (Å²) in [4.78, 5) is 8.59. The predicted octanol–water partition coefficient (Wildman–Crippen LogP) is 4.04. The number of aromatic nitrogens is 3. The maximum atomic E-state index is 13.0. The average molecular weight is 391 g/mol. The third-order valence-corrected chi connectivity index (χ3v) is 4.40. The topological polar surface area (TPSA) is 82.8 Å². The summed E-state index contributed by atoms with van der Waals surface area (Å²) < 4.78 is 40.7. The molecule has 0 spiro atoms. The van der Waals surface area contributed by atoms with Crippen LogP contribution < -0.4 is 11.5 Å². The lowest BCUT2D eigenvalue weighted by atomic mass is 10.2. The van der Waals surface area contributed by atoms with Crippen molar-refractivity contribution in [1.82, 2.24) is 14.5 Å². The lowest BCUT2D eigenvalue weighted by Crippen LogP contribution is -2.09. The molecule has 0 unspecified atom stereocenters. The van der Waals surface area contributed by atoms with Gasteiger partial charge in [-0.25, -0.2) is 4.98 Å². The first-order valence-corrected chi connectivity index (χ1v) is 9.02. The fourth-order valence-electron chi connectivity index (χ4n) is 2.49. The fourth-order valence-corrected chi connectivity index (χ4v) is 2.70. The van der Waals surface area contributed by atoms with E-state index in [0.717, 1.165) is 12.1 Å². The number of hydrogen-bond acceptors (Lipinski definition) is 5. The number of halogens is 3. The van der Waals surface area contributed by atoms with E-state index in [4.69, 9.17) is 11.5 Å². The minimum Gasteiger partial charge on any atom is -0.394 e. The summed E-state index contributed by atoms with van der Waals surface area (Å²) >= 11 is 1.35. The van der Waals surface area contributed by atoms with Gasteiger partial charge in [-0.1, -0.05) is 6.07 Å². The van der Waals surface area contributed by atoms with E-state index in [1.165, 1.54) is 17.8 Å². The minimum atomic E-state index is -4.46. The van der Waals surface area contributed by atoms with Gasteiger partial charge >= 0.3 is 6.18 Å².